The first-order valence-corrected chi connectivity index (χ1v) is 7.74. The van der Waals surface area contributed by atoms with Crippen molar-refractivity contribution >= 4 is 17.5 Å². The molecule has 0 bridgehead atoms. The molecule has 132 valence electrons. The Kier molecular flexibility index (Phi) is 6.47. The molecule has 2 N–H and O–H groups in total. The average molecular weight is 343 g/mol. The lowest BCUT2D eigenvalue weighted by Gasteiger charge is -2.11. The van der Waals surface area contributed by atoms with Gasteiger partial charge >= 0.3 is 0 Å². The van der Waals surface area contributed by atoms with Crippen molar-refractivity contribution in [2.75, 3.05) is 32.7 Å². The summed E-state index contributed by atoms with van der Waals surface area (Å²) < 4.78 is 10.1. The zero-order valence-corrected chi connectivity index (χ0v) is 14.5. The Balaban J connectivity index is 2.13. The fourth-order valence-corrected chi connectivity index (χ4v) is 2.17. The van der Waals surface area contributed by atoms with Gasteiger partial charge < -0.3 is 20.1 Å². The highest BCUT2D eigenvalue weighted by Gasteiger charge is 2.13. The fourth-order valence-electron chi connectivity index (χ4n) is 2.17. The number of aromatic nitrogens is 1. The predicted molar refractivity (Wildman–Crippen MR) is 94.1 cm³/mol. The second kappa shape index (κ2) is 8.79. The molecule has 2 aromatic rings. The number of carbonyl (C=O) groups excluding carboxylic acids is 2. The van der Waals surface area contributed by atoms with E-state index in [2.05, 4.69) is 15.6 Å². The Morgan fingerprint density at radius 1 is 1.12 bits per heavy atom. The van der Waals surface area contributed by atoms with E-state index < -0.39 is 0 Å². The van der Waals surface area contributed by atoms with Gasteiger partial charge in [0.1, 0.15) is 11.4 Å². The maximum Gasteiger partial charge on any atom is 0.269 e. The molecule has 1 aromatic carbocycles. The van der Waals surface area contributed by atoms with E-state index in [1.165, 1.54) is 19.4 Å². The van der Waals surface area contributed by atoms with Gasteiger partial charge in [-0.25, -0.2) is 0 Å². The fraction of sp³-hybridized carbons (Fsp3) is 0.278. The van der Waals surface area contributed by atoms with Gasteiger partial charge in [0.2, 0.25) is 0 Å². The van der Waals surface area contributed by atoms with Gasteiger partial charge in [0.05, 0.1) is 19.4 Å². The van der Waals surface area contributed by atoms with E-state index in [9.17, 15) is 9.59 Å². The second-order valence-electron chi connectivity index (χ2n) is 5.34. The van der Waals surface area contributed by atoms with Crippen molar-refractivity contribution < 1.29 is 19.1 Å². The SMILES string of the molecule is COCCNC(=O)c1cc(C(=O)Nc2cc(C)ccc2OC)ccn1. The maximum absolute atomic E-state index is 12.5. The molecule has 0 aliphatic carbocycles. The quantitative estimate of drug-likeness (QED) is 0.751. The van der Waals surface area contributed by atoms with Crippen LogP contribution in [-0.2, 0) is 4.74 Å². The smallest absolute Gasteiger partial charge is 0.269 e. The van der Waals surface area contributed by atoms with Gasteiger partial charge in [0.25, 0.3) is 11.8 Å². The first-order chi connectivity index (χ1) is 12.0. The van der Waals surface area contributed by atoms with Gasteiger partial charge in [-0.15, -0.1) is 0 Å². The van der Waals surface area contributed by atoms with Crippen LogP contribution in [0.5, 0.6) is 5.75 Å². The molecule has 7 heteroatoms. The number of anilines is 1. The van der Waals surface area contributed by atoms with Crippen LogP contribution in [0.4, 0.5) is 5.69 Å². The normalized spacial score (nSPS) is 10.2. The van der Waals surface area contributed by atoms with Crippen LogP contribution < -0.4 is 15.4 Å². The Bertz CT molecular complexity index is 762. The molecule has 2 rings (SSSR count). The van der Waals surface area contributed by atoms with Crippen molar-refractivity contribution in [2.24, 2.45) is 0 Å². The van der Waals surface area contributed by atoms with Gasteiger partial charge in [-0.2, -0.15) is 0 Å². The minimum Gasteiger partial charge on any atom is -0.495 e. The molecule has 0 spiro atoms. The molecule has 1 aromatic heterocycles. The Morgan fingerprint density at radius 3 is 2.64 bits per heavy atom. The molecule has 25 heavy (non-hydrogen) atoms. The third-order valence-electron chi connectivity index (χ3n) is 3.45. The number of nitrogens with one attached hydrogen (secondary N) is 2. The molecule has 0 fully saturated rings. The Labute approximate surface area is 146 Å². The number of methoxy groups -OCH3 is 2. The summed E-state index contributed by atoms with van der Waals surface area (Å²) >= 11 is 0. The highest BCUT2D eigenvalue weighted by Crippen LogP contribution is 2.25. The van der Waals surface area contributed by atoms with Crippen molar-refractivity contribution in [1.29, 1.82) is 0 Å². The number of amides is 2. The van der Waals surface area contributed by atoms with Crippen LogP contribution in [-0.4, -0.2) is 44.2 Å². The van der Waals surface area contributed by atoms with Crippen LogP contribution in [0.15, 0.2) is 36.5 Å². The number of hydrogen-bond acceptors (Lipinski definition) is 5. The molecule has 0 saturated heterocycles. The maximum atomic E-state index is 12.5. The summed E-state index contributed by atoms with van der Waals surface area (Å²) in [7, 11) is 3.09. The highest BCUT2D eigenvalue weighted by atomic mass is 16.5. The van der Waals surface area contributed by atoms with E-state index in [0.29, 0.717) is 30.2 Å². The van der Waals surface area contributed by atoms with Crippen LogP contribution in [0.1, 0.15) is 26.4 Å². The molecular weight excluding hydrogens is 322 g/mol. The molecule has 1 heterocycles. The van der Waals surface area contributed by atoms with E-state index in [1.54, 1.807) is 19.2 Å². The number of ether oxygens (including phenoxy) is 2. The number of nitrogens with zero attached hydrogens (tertiary/aromatic N) is 1. The van der Waals surface area contributed by atoms with E-state index in [4.69, 9.17) is 9.47 Å². The molecular formula is C18H21N3O4. The molecule has 0 radical (unpaired) electrons. The van der Waals surface area contributed by atoms with Crippen molar-refractivity contribution in [3.63, 3.8) is 0 Å². The van der Waals surface area contributed by atoms with Gasteiger partial charge in [-0.3, -0.25) is 14.6 Å². The van der Waals surface area contributed by atoms with Crippen LogP contribution in [0.25, 0.3) is 0 Å². The van der Waals surface area contributed by atoms with Gasteiger partial charge in [0, 0.05) is 25.4 Å². The van der Waals surface area contributed by atoms with Crippen LogP contribution in [0.3, 0.4) is 0 Å². The van der Waals surface area contributed by atoms with Crippen molar-refractivity contribution in [3.05, 3.63) is 53.3 Å². The molecule has 2 amide bonds. The van der Waals surface area contributed by atoms with E-state index >= 15 is 0 Å². The topological polar surface area (TPSA) is 89.5 Å². The predicted octanol–water partition coefficient (Wildman–Crippen LogP) is 2.03. The first kappa shape index (κ1) is 18.4. The van der Waals surface area contributed by atoms with Gasteiger partial charge in [-0.1, -0.05) is 6.07 Å². The highest BCUT2D eigenvalue weighted by molar-refractivity contribution is 6.06. The minimum atomic E-state index is -0.361. The average Bonchev–Trinajstić information content (AvgIpc) is 2.62. The van der Waals surface area contributed by atoms with E-state index in [-0.39, 0.29) is 17.5 Å². The Hall–Kier alpha value is -2.93. The molecule has 0 aliphatic heterocycles. The van der Waals surface area contributed by atoms with Gasteiger partial charge in [-0.05, 0) is 36.8 Å². The van der Waals surface area contributed by atoms with Crippen molar-refractivity contribution in [1.82, 2.24) is 10.3 Å². The summed E-state index contributed by atoms with van der Waals surface area (Å²) in [4.78, 5) is 28.5. The summed E-state index contributed by atoms with van der Waals surface area (Å²) in [6.45, 7) is 2.69. The molecule has 7 nitrogen and oxygen atoms in total. The summed E-state index contributed by atoms with van der Waals surface area (Å²) in [6, 6.07) is 8.48. The number of benzene rings is 1. The summed E-state index contributed by atoms with van der Waals surface area (Å²) in [5.74, 6) is -0.150. The largest absolute Gasteiger partial charge is 0.495 e. The lowest BCUT2D eigenvalue weighted by molar-refractivity contribution is 0.0932. The number of carbonyl (C=O) groups is 2. The third-order valence-corrected chi connectivity index (χ3v) is 3.45. The van der Waals surface area contributed by atoms with Crippen molar-refractivity contribution in [3.8, 4) is 5.75 Å². The summed E-state index contributed by atoms with van der Waals surface area (Å²) in [6.07, 6.45) is 1.42. The standard InChI is InChI=1S/C18H21N3O4/c1-12-4-5-16(25-3)14(10-12)21-17(22)13-6-7-19-15(11-13)18(23)20-8-9-24-2/h4-7,10-11H,8-9H2,1-3H3,(H,20,23)(H,21,22). The van der Waals surface area contributed by atoms with Crippen LogP contribution in [0, 0.1) is 6.92 Å². The first-order valence-electron chi connectivity index (χ1n) is 7.74. The molecule has 0 atom stereocenters. The molecule has 0 saturated carbocycles. The zero-order valence-electron chi connectivity index (χ0n) is 14.5. The second-order valence-corrected chi connectivity index (χ2v) is 5.34. The number of rotatable bonds is 7. The number of aryl methyl sites for hydroxylation is 1. The summed E-state index contributed by atoms with van der Waals surface area (Å²) in [5.41, 5.74) is 2.05. The number of pyridine rings is 1. The van der Waals surface area contributed by atoms with Gasteiger partial charge in [0.15, 0.2) is 0 Å². The molecule has 0 aliphatic rings. The lowest BCUT2D eigenvalue weighted by Crippen LogP contribution is -2.28. The zero-order chi connectivity index (χ0) is 18.2. The third kappa shape index (κ3) is 5.02. The van der Waals surface area contributed by atoms with Crippen LogP contribution in [0.2, 0.25) is 0 Å². The number of hydrogen-bond donors (Lipinski definition) is 2. The monoisotopic (exact) mass is 343 g/mol. The molecule has 0 unspecified atom stereocenters. The van der Waals surface area contributed by atoms with E-state index in [1.807, 2.05) is 19.1 Å². The Morgan fingerprint density at radius 2 is 1.92 bits per heavy atom. The lowest BCUT2D eigenvalue weighted by atomic mass is 10.1. The van der Waals surface area contributed by atoms with Crippen molar-refractivity contribution in [2.45, 2.75) is 6.92 Å². The minimum absolute atomic E-state index is 0.167. The van der Waals surface area contributed by atoms with E-state index in [0.717, 1.165) is 5.56 Å². The van der Waals surface area contributed by atoms with Crippen LogP contribution >= 0.6 is 0 Å². The summed E-state index contributed by atoms with van der Waals surface area (Å²) in [5, 5.41) is 5.46.